The Morgan fingerprint density at radius 1 is 0.905 bits per heavy atom. The lowest BCUT2D eigenvalue weighted by Gasteiger charge is -1.98. The molecular weight excluding hydrogens is 280 g/mol. The summed E-state index contributed by atoms with van der Waals surface area (Å²) in [6.07, 6.45) is 0. The van der Waals surface area contributed by atoms with Crippen molar-refractivity contribution < 1.29 is 4.42 Å². The van der Waals surface area contributed by atoms with Gasteiger partial charge >= 0.3 is 0 Å². The van der Waals surface area contributed by atoms with Gasteiger partial charge in [0.25, 0.3) is 0 Å². The fourth-order valence-corrected chi connectivity index (χ4v) is 2.23. The number of rotatable bonds is 1. The van der Waals surface area contributed by atoms with Gasteiger partial charge in [-0.3, -0.25) is 0 Å². The molecule has 0 unspecified atom stereocenters. The zero-order chi connectivity index (χ0) is 14.7. The van der Waals surface area contributed by atoms with Crippen LogP contribution in [0.2, 0.25) is 5.02 Å². The van der Waals surface area contributed by atoms with E-state index in [2.05, 4.69) is 11.8 Å². The van der Waals surface area contributed by atoms with Gasteiger partial charge in [0.2, 0.25) is 0 Å². The molecule has 0 N–H and O–H groups in total. The van der Waals surface area contributed by atoms with E-state index in [1.165, 1.54) is 0 Å². The first-order valence-electron chi connectivity index (χ1n) is 6.66. The fourth-order valence-electron chi connectivity index (χ4n) is 2.10. The third-order valence-electron chi connectivity index (χ3n) is 3.10. The van der Waals surface area contributed by atoms with Gasteiger partial charge in [0.15, 0.2) is 5.76 Å². The van der Waals surface area contributed by atoms with E-state index < -0.39 is 0 Å². The topological polar surface area (TPSA) is 13.1 Å². The highest BCUT2D eigenvalue weighted by atomic mass is 35.5. The largest absolute Gasteiger partial charge is 0.452 e. The van der Waals surface area contributed by atoms with Gasteiger partial charge in [-0.15, -0.1) is 0 Å². The second kappa shape index (κ2) is 5.91. The average Bonchev–Trinajstić information content (AvgIpc) is 2.88. The standard InChI is InChI=1S/C19H13ClO/c1-14-13-18(16-8-10-17(20)11-9-16)19(21-14)12-7-15-5-3-2-4-6-15/h2-6,8-11,13H,1H3. The summed E-state index contributed by atoms with van der Waals surface area (Å²) in [6, 6.07) is 19.5. The predicted octanol–water partition coefficient (Wildman–Crippen LogP) is 5.31. The highest BCUT2D eigenvalue weighted by Crippen LogP contribution is 2.27. The molecule has 0 spiro atoms. The van der Waals surface area contributed by atoms with Gasteiger partial charge in [0.1, 0.15) is 5.76 Å². The van der Waals surface area contributed by atoms with Crippen molar-refractivity contribution in [1.29, 1.82) is 0 Å². The monoisotopic (exact) mass is 292 g/mol. The van der Waals surface area contributed by atoms with Crippen molar-refractivity contribution in [2.45, 2.75) is 6.92 Å². The van der Waals surface area contributed by atoms with Crippen LogP contribution in [0.3, 0.4) is 0 Å². The summed E-state index contributed by atoms with van der Waals surface area (Å²) in [5, 5.41) is 0.718. The Kier molecular flexibility index (Phi) is 3.81. The minimum Gasteiger partial charge on any atom is -0.452 e. The SMILES string of the molecule is Cc1cc(-c2ccc(Cl)cc2)c(C#Cc2ccccc2)o1. The molecule has 0 aliphatic heterocycles. The molecule has 1 heterocycles. The Morgan fingerprint density at radius 3 is 2.33 bits per heavy atom. The lowest BCUT2D eigenvalue weighted by Crippen LogP contribution is -1.79. The lowest BCUT2D eigenvalue weighted by molar-refractivity contribution is 0.523. The van der Waals surface area contributed by atoms with Gasteiger partial charge in [-0.2, -0.15) is 0 Å². The summed E-state index contributed by atoms with van der Waals surface area (Å²) in [5.74, 6) is 7.76. The number of furan rings is 1. The lowest BCUT2D eigenvalue weighted by atomic mass is 10.1. The number of hydrogen-bond donors (Lipinski definition) is 0. The maximum atomic E-state index is 5.93. The molecule has 1 nitrogen and oxygen atoms in total. The van der Waals surface area contributed by atoms with Crippen LogP contribution in [0.25, 0.3) is 11.1 Å². The summed E-state index contributed by atoms with van der Waals surface area (Å²) >= 11 is 5.93. The number of halogens is 1. The van der Waals surface area contributed by atoms with E-state index in [9.17, 15) is 0 Å². The van der Waals surface area contributed by atoms with Gasteiger partial charge in [-0.05, 0) is 48.7 Å². The van der Waals surface area contributed by atoms with E-state index in [4.69, 9.17) is 16.0 Å². The molecule has 2 aromatic carbocycles. The van der Waals surface area contributed by atoms with Crippen molar-refractivity contribution in [3.63, 3.8) is 0 Å². The van der Waals surface area contributed by atoms with Crippen molar-refractivity contribution >= 4 is 11.6 Å². The first-order chi connectivity index (χ1) is 10.2. The molecule has 0 saturated carbocycles. The highest BCUT2D eigenvalue weighted by molar-refractivity contribution is 6.30. The molecule has 0 aliphatic carbocycles. The minimum absolute atomic E-state index is 0.679. The molecule has 0 bridgehead atoms. The van der Waals surface area contributed by atoms with Crippen molar-refractivity contribution in [3.05, 3.63) is 82.8 Å². The van der Waals surface area contributed by atoms with Crippen LogP contribution >= 0.6 is 11.6 Å². The molecule has 3 aromatic rings. The summed E-state index contributed by atoms with van der Waals surface area (Å²) < 4.78 is 5.71. The van der Waals surface area contributed by atoms with Gasteiger partial charge in [-0.25, -0.2) is 0 Å². The number of benzene rings is 2. The first kappa shape index (κ1) is 13.5. The maximum absolute atomic E-state index is 5.93. The Bertz CT molecular complexity index is 802. The van der Waals surface area contributed by atoms with Crippen LogP contribution in [0, 0.1) is 18.8 Å². The Morgan fingerprint density at radius 2 is 1.62 bits per heavy atom. The van der Waals surface area contributed by atoms with Crippen molar-refractivity contribution in [1.82, 2.24) is 0 Å². The second-order valence-electron chi connectivity index (χ2n) is 4.72. The fraction of sp³-hybridized carbons (Fsp3) is 0.0526. The molecule has 0 aliphatic rings. The normalized spacial score (nSPS) is 10.0. The zero-order valence-electron chi connectivity index (χ0n) is 11.6. The van der Waals surface area contributed by atoms with E-state index in [1.54, 1.807) is 0 Å². The van der Waals surface area contributed by atoms with E-state index in [0.29, 0.717) is 5.76 Å². The summed E-state index contributed by atoms with van der Waals surface area (Å²) in [6.45, 7) is 1.92. The van der Waals surface area contributed by atoms with E-state index in [0.717, 1.165) is 27.5 Å². The molecule has 0 fully saturated rings. The molecule has 1 aromatic heterocycles. The van der Waals surface area contributed by atoms with Gasteiger partial charge < -0.3 is 4.42 Å². The third-order valence-corrected chi connectivity index (χ3v) is 3.36. The molecule has 0 atom stereocenters. The smallest absolute Gasteiger partial charge is 0.185 e. The van der Waals surface area contributed by atoms with Crippen molar-refractivity contribution in [2.24, 2.45) is 0 Å². The molecule has 0 amide bonds. The zero-order valence-corrected chi connectivity index (χ0v) is 12.3. The quantitative estimate of drug-likeness (QED) is 0.554. The molecule has 0 radical (unpaired) electrons. The second-order valence-corrected chi connectivity index (χ2v) is 5.16. The number of aryl methyl sites for hydroxylation is 1. The predicted molar refractivity (Wildman–Crippen MR) is 86.3 cm³/mol. The maximum Gasteiger partial charge on any atom is 0.185 e. The third kappa shape index (κ3) is 3.18. The van der Waals surface area contributed by atoms with Crippen LogP contribution in [-0.2, 0) is 0 Å². The molecule has 102 valence electrons. The molecule has 3 rings (SSSR count). The molecule has 2 heteroatoms. The minimum atomic E-state index is 0.679. The van der Waals surface area contributed by atoms with Crippen LogP contribution in [0.1, 0.15) is 17.1 Å². The van der Waals surface area contributed by atoms with Gasteiger partial charge in [-0.1, -0.05) is 47.9 Å². The number of hydrogen-bond acceptors (Lipinski definition) is 1. The average molecular weight is 293 g/mol. The van der Waals surface area contributed by atoms with E-state index >= 15 is 0 Å². The van der Waals surface area contributed by atoms with Crippen LogP contribution in [0.15, 0.2) is 65.1 Å². The van der Waals surface area contributed by atoms with Crippen molar-refractivity contribution in [2.75, 3.05) is 0 Å². The summed E-state index contributed by atoms with van der Waals surface area (Å²) in [5.41, 5.74) is 3.01. The van der Waals surface area contributed by atoms with Crippen LogP contribution in [0.5, 0.6) is 0 Å². The van der Waals surface area contributed by atoms with Crippen LogP contribution in [-0.4, -0.2) is 0 Å². The van der Waals surface area contributed by atoms with E-state index in [1.807, 2.05) is 67.6 Å². The highest BCUT2D eigenvalue weighted by Gasteiger charge is 2.09. The summed E-state index contributed by atoms with van der Waals surface area (Å²) in [4.78, 5) is 0. The molecular formula is C19H13ClO. The van der Waals surface area contributed by atoms with Crippen LogP contribution < -0.4 is 0 Å². The van der Waals surface area contributed by atoms with Crippen molar-refractivity contribution in [3.8, 4) is 23.0 Å². The van der Waals surface area contributed by atoms with E-state index in [-0.39, 0.29) is 0 Å². The van der Waals surface area contributed by atoms with Crippen LogP contribution in [0.4, 0.5) is 0 Å². The Hall–Kier alpha value is -2.43. The van der Waals surface area contributed by atoms with Gasteiger partial charge in [0, 0.05) is 16.1 Å². The Labute approximate surface area is 129 Å². The van der Waals surface area contributed by atoms with Gasteiger partial charge in [0.05, 0.1) is 0 Å². The molecule has 0 saturated heterocycles. The molecule has 21 heavy (non-hydrogen) atoms. The summed E-state index contributed by atoms with van der Waals surface area (Å²) in [7, 11) is 0. The Balaban J connectivity index is 2.01. The first-order valence-corrected chi connectivity index (χ1v) is 7.03.